The molecule has 0 spiro atoms. The average molecular weight is 395 g/mol. The predicted octanol–water partition coefficient (Wildman–Crippen LogP) is 3.72. The quantitative estimate of drug-likeness (QED) is 0.748. The second kappa shape index (κ2) is 6.68. The minimum absolute atomic E-state index is 0.0578. The van der Waals surface area contributed by atoms with Crippen LogP contribution in [0.5, 0.6) is 0 Å². The minimum Gasteiger partial charge on any atom is -0.323 e. The van der Waals surface area contributed by atoms with E-state index in [4.69, 9.17) is 0 Å². The zero-order valence-corrected chi connectivity index (χ0v) is 17.2. The number of amides is 3. The number of imide groups is 1. The van der Waals surface area contributed by atoms with E-state index in [1.54, 1.807) is 6.92 Å². The van der Waals surface area contributed by atoms with Crippen molar-refractivity contribution in [1.29, 1.82) is 0 Å². The number of benzene rings is 1. The van der Waals surface area contributed by atoms with Crippen LogP contribution >= 0.6 is 0 Å². The standard InChI is InChI=1S/C24H30N2O3/c1-23(8-7-16-5-3-2-4-6-16)21(28)26(22(29)25-23)15-20(27)24-12-17-9-18(13-24)11-19(10-17)14-24/h2-6,17-19H,7-15H2,1H3,(H,25,29)/t17?,18?,19?,23-,24?/m1/s1. The first-order valence-electron chi connectivity index (χ1n) is 11.1. The zero-order chi connectivity index (χ0) is 20.2. The third kappa shape index (κ3) is 3.19. The first-order valence-corrected chi connectivity index (χ1v) is 11.1. The van der Waals surface area contributed by atoms with Gasteiger partial charge in [0.15, 0.2) is 5.78 Å². The van der Waals surface area contributed by atoms with Gasteiger partial charge in [-0.15, -0.1) is 0 Å². The molecule has 1 N–H and O–H groups in total. The molecular weight excluding hydrogens is 364 g/mol. The van der Waals surface area contributed by atoms with E-state index in [-0.39, 0.29) is 23.7 Å². The van der Waals surface area contributed by atoms with Crippen molar-refractivity contribution in [1.82, 2.24) is 10.2 Å². The molecule has 1 aromatic carbocycles. The van der Waals surface area contributed by atoms with Crippen LogP contribution in [0.2, 0.25) is 0 Å². The summed E-state index contributed by atoms with van der Waals surface area (Å²) >= 11 is 0. The number of hydrogen-bond acceptors (Lipinski definition) is 3. The fourth-order valence-electron chi connectivity index (χ4n) is 6.86. The number of ketones is 1. The van der Waals surface area contributed by atoms with Crippen molar-refractivity contribution in [3.8, 4) is 0 Å². The predicted molar refractivity (Wildman–Crippen MR) is 109 cm³/mol. The van der Waals surface area contributed by atoms with E-state index in [2.05, 4.69) is 5.32 Å². The topological polar surface area (TPSA) is 66.5 Å². The van der Waals surface area contributed by atoms with E-state index < -0.39 is 11.6 Å². The number of nitrogens with zero attached hydrogens (tertiary/aromatic N) is 1. The smallest absolute Gasteiger partial charge is 0.323 e. The normalized spacial score (nSPS) is 37.8. The van der Waals surface area contributed by atoms with Gasteiger partial charge in [-0.1, -0.05) is 30.3 Å². The van der Waals surface area contributed by atoms with Crippen LogP contribution in [0, 0.1) is 23.2 Å². The number of hydrogen-bond donors (Lipinski definition) is 1. The summed E-state index contributed by atoms with van der Waals surface area (Å²) in [4.78, 5) is 40.3. The highest BCUT2D eigenvalue weighted by molar-refractivity contribution is 6.09. The molecule has 5 heteroatoms. The molecule has 1 saturated heterocycles. The Labute approximate surface area is 172 Å². The Kier molecular flexibility index (Phi) is 4.34. The van der Waals surface area contributed by atoms with Crippen LogP contribution in [0.1, 0.15) is 57.4 Å². The lowest BCUT2D eigenvalue weighted by Crippen LogP contribution is -2.53. The number of carbonyl (C=O) groups is 3. The van der Waals surface area contributed by atoms with Gasteiger partial charge in [0.2, 0.25) is 0 Å². The molecular formula is C24H30N2O3. The summed E-state index contributed by atoms with van der Waals surface area (Å²) in [5.41, 5.74) is -0.0774. The third-order valence-electron chi connectivity index (χ3n) is 8.03. The Morgan fingerprint density at radius 1 is 1.03 bits per heavy atom. The van der Waals surface area contributed by atoms with Crippen LogP contribution in [-0.2, 0) is 16.0 Å². The molecule has 0 aromatic heterocycles. The Bertz CT molecular complexity index is 814. The van der Waals surface area contributed by atoms with Crippen molar-refractivity contribution in [2.24, 2.45) is 23.2 Å². The molecule has 0 radical (unpaired) electrons. The molecule has 5 nitrogen and oxygen atoms in total. The summed E-state index contributed by atoms with van der Waals surface area (Å²) in [5, 5.41) is 2.86. The van der Waals surface area contributed by atoms with Crippen LogP contribution in [0.25, 0.3) is 0 Å². The highest BCUT2D eigenvalue weighted by atomic mass is 16.2. The number of rotatable bonds is 6. The van der Waals surface area contributed by atoms with Crippen molar-refractivity contribution in [3.63, 3.8) is 0 Å². The van der Waals surface area contributed by atoms with Crippen molar-refractivity contribution < 1.29 is 14.4 Å². The third-order valence-corrected chi connectivity index (χ3v) is 8.03. The molecule has 1 aliphatic heterocycles. The maximum absolute atomic E-state index is 13.4. The highest BCUT2D eigenvalue weighted by Crippen LogP contribution is 2.60. The number of nitrogens with one attached hydrogen (secondary N) is 1. The second-order valence-electron chi connectivity index (χ2n) is 10.3. The maximum atomic E-state index is 13.4. The Hall–Kier alpha value is -2.17. The van der Waals surface area contributed by atoms with Crippen molar-refractivity contribution >= 4 is 17.7 Å². The molecule has 29 heavy (non-hydrogen) atoms. The van der Waals surface area contributed by atoms with Crippen molar-refractivity contribution in [2.75, 3.05) is 6.54 Å². The van der Waals surface area contributed by atoms with Crippen LogP contribution in [0.3, 0.4) is 0 Å². The summed E-state index contributed by atoms with van der Waals surface area (Å²) in [5.74, 6) is 1.88. The molecule has 5 aliphatic rings. The zero-order valence-electron chi connectivity index (χ0n) is 17.2. The van der Waals surface area contributed by atoms with Crippen LogP contribution in [0.4, 0.5) is 4.79 Å². The SMILES string of the molecule is C[C@]1(CCc2ccccc2)NC(=O)N(CC(=O)C23CC4CC(CC(C4)C2)C3)C1=O. The van der Waals surface area contributed by atoms with Gasteiger partial charge in [0, 0.05) is 5.41 Å². The number of aryl methyl sites for hydroxylation is 1. The van der Waals surface area contributed by atoms with Gasteiger partial charge in [0.25, 0.3) is 5.91 Å². The van der Waals surface area contributed by atoms with Crippen LogP contribution in [0.15, 0.2) is 30.3 Å². The molecule has 4 bridgehead atoms. The van der Waals surface area contributed by atoms with Gasteiger partial charge in [0.05, 0.1) is 6.54 Å². The fourth-order valence-corrected chi connectivity index (χ4v) is 6.86. The maximum Gasteiger partial charge on any atom is 0.325 e. The fraction of sp³-hybridized carbons (Fsp3) is 0.625. The van der Waals surface area contributed by atoms with E-state index in [0.717, 1.165) is 24.8 Å². The first-order chi connectivity index (χ1) is 13.9. The average Bonchev–Trinajstić information content (AvgIpc) is 2.90. The van der Waals surface area contributed by atoms with Gasteiger partial charge < -0.3 is 5.32 Å². The molecule has 1 heterocycles. The van der Waals surface area contributed by atoms with Gasteiger partial charge in [-0.05, 0) is 81.6 Å². The van der Waals surface area contributed by atoms with Gasteiger partial charge in [-0.25, -0.2) is 4.79 Å². The summed E-state index contributed by atoms with van der Waals surface area (Å²) in [6.45, 7) is 1.73. The molecule has 154 valence electrons. The largest absolute Gasteiger partial charge is 0.325 e. The molecule has 0 unspecified atom stereocenters. The van der Waals surface area contributed by atoms with E-state index >= 15 is 0 Å². The van der Waals surface area contributed by atoms with Gasteiger partial charge in [0.1, 0.15) is 5.54 Å². The van der Waals surface area contributed by atoms with Gasteiger partial charge >= 0.3 is 6.03 Å². The lowest BCUT2D eigenvalue weighted by atomic mass is 9.48. The minimum atomic E-state index is -0.936. The van der Waals surface area contributed by atoms with E-state index in [9.17, 15) is 14.4 Å². The number of Topliss-reactive ketones (excluding diaryl/α,β-unsaturated/α-hetero) is 1. The summed E-state index contributed by atoms with van der Waals surface area (Å²) < 4.78 is 0. The molecule has 4 aliphatic carbocycles. The Balaban J connectivity index is 1.27. The van der Waals surface area contributed by atoms with Gasteiger partial charge in [-0.2, -0.15) is 0 Å². The number of carbonyl (C=O) groups excluding carboxylic acids is 3. The van der Waals surface area contributed by atoms with Crippen LogP contribution < -0.4 is 5.32 Å². The van der Waals surface area contributed by atoms with E-state index in [0.29, 0.717) is 30.6 Å². The number of urea groups is 1. The highest BCUT2D eigenvalue weighted by Gasteiger charge is 2.56. The first kappa shape index (κ1) is 18.8. The molecule has 5 fully saturated rings. The van der Waals surface area contributed by atoms with Gasteiger partial charge in [-0.3, -0.25) is 14.5 Å². The lowest BCUT2D eigenvalue weighted by Gasteiger charge is -2.56. The molecule has 1 atom stereocenters. The van der Waals surface area contributed by atoms with Crippen molar-refractivity contribution in [2.45, 2.75) is 63.8 Å². The Morgan fingerprint density at radius 2 is 1.62 bits per heavy atom. The molecule has 6 rings (SSSR count). The monoisotopic (exact) mass is 394 g/mol. The summed E-state index contributed by atoms with van der Waals surface area (Å²) in [6.07, 6.45) is 7.95. The van der Waals surface area contributed by atoms with Crippen LogP contribution in [-0.4, -0.2) is 34.7 Å². The summed E-state index contributed by atoms with van der Waals surface area (Å²) in [7, 11) is 0. The van der Waals surface area contributed by atoms with E-state index in [1.807, 2.05) is 30.3 Å². The summed E-state index contributed by atoms with van der Waals surface area (Å²) in [6, 6.07) is 9.55. The molecule has 1 aromatic rings. The van der Waals surface area contributed by atoms with Crippen molar-refractivity contribution in [3.05, 3.63) is 35.9 Å². The molecule has 3 amide bonds. The second-order valence-corrected chi connectivity index (χ2v) is 10.3. The van der Waals surface area contributed by atoms with E-state index in [1.165, 1.54) is 24.2 Å². The lowest BCUT2D eigenvalue weighted by molar-refractivity contribution is -0.147. The molecule has 4 saturated carbocycles. The Morgan fingerprint density at radius 3 is 2.21 bits per heavy atom.